The number of allylic oxidation sites excluding steroid dienone is 2. The highest BCUT2D eigenvalue weighted by molar-refractivity contribution is 5.03. The Morgan fingerprint density at radius 3 is 2.20 bits per heavy atom. The third-order valence-electron chi connectivity index (χ3n) is 1.75. The molecule has 0 aromatic carbocycles. The van der Waals surface area contributed by atoms with Gasteiger partial charge in [-0.3, -0.25) is 0 Å². The van der Waals surface area contributed by atoms with E-state index < -0.39 is 0 Å². The molecule has 60 valence electrons. The lowest BCUT2D eigenvalue weighted by Gasteiger charge is -2.08. The lowest BCUT2D eigenvalue weighted by molar-refractivity contribution is 0.696. The summed E-state index contributed by atoms with van der Waals surface area (Å²) in [6.45, 7) is 9.00. The number of rotatable bonds is 4. The Balaban J connectivity index is 3.85. The van der Waals surface area contributed by atoms with Gasteiger partial charge in [0.15, 0.2) is 0 Å². The summed E-state index contributed by atoms with van der Waals surface area (Å²) < 4.78 is 0. The van der Waals surface area contributed by atoms with Crippen molar-refractivity contribution in [1.82, 2.24) is 0 Å². The van der Waals surface area contributed by atoms with Crippen LogP contribution in [-0.4, -0.2) is 0 Å². The fourth-order valence-corrected chi connectivity index (χ4v) is 1.18. The first-order valence-corrected chi connectivity index (χ1v) is 4.41. The van der Waals surface area contributed by atoms with Crippen LogP contribution in [0, 0.1) is 5.92 Å². The van der Waals surface area contributed by atoms with Gasteiger partial charge < -0.3 is 0 Å². The third kappa shape index (κ3) is 3.71. The van der Waals surface area contributed by atoms with Crippen LogP contribution in [0.4, 0.5) is 0 Å². The molecule has 0 fully saturated rings. The van der Waals surface area contributed by atoms with E-state index in [9.17, 15) is 0 Å². The summed E-state index contributed by atoms with van der Waals surface area (Å²) in [5.74, 6) is 0.750. The molecule has 0 unspecified atom stereocenters. The smallest absolute Gasteiger partial charge is 0.0260 e. The normalized spacial score (nSPS) is 12.7. The van der Waals surface area contributed by atoms with Crippen LogP contribution in [0.25, 0.3) is 0 Å². The average molecular weight is 140 g/mol. The van der Waals surface area contributed by atoms with Gasteiger partial charge in [-0.05, 0) is 18.8 Å². The molecular formula is C10H20. The van der Waals surface area contributed by atoms with Crippen LogP contribution in [0.3, 0.4) is 0 Å². The molecule has 0 nitrogen and oxygen atoms in total. The second-order valence-corrected chi connectivity index (χ2v) is 3.09. The lowest BCUT2D eigenvalue weighted by Crippen LogP contribution is -1.92. The molecule has 0 aliphatic carbocycles. The minimum Gasteiger partial charge on any atom is -0.0853 e. The van der Waals surface area contributed by atoms with Crippen molar-refractivity contribution in [3.63, 3.8) is 0 Å². The summed E-state index contributed by atoms with van der Waals surface area (Å²) in [7, 11) is 0. The Bertz CT molecular complexity index is 98.6. The van der Waals surface area contributed by atoms with Crippen LogP contribution in [0.2, 0.25) is 0 Å². The summed E-state index contributed by atoms with van der Waals surface area (Å²) in [6.07, 6.45) is 6.12. The van der Waals surface area contributed by atoms with Gasteiger partial charge in [-0.1, -0.05) is 45.8 Å². The van der Waals surface area contributed by atoms with Gasteiger partial charge in [-0.15, -0.1) is 0 Å². The van der Waals surface area contributed by atoms with Gasteiger partial charge in [-0.25, -0.2) is 0 Å². The van der Waals surface area contributed by atoms with Gasteiger partial charge in [0, 0.05) is 0 Å². The van der Waals surface area contributed by atoms with Crippen molar-refractivity contribution >= 4 is 0 Å². The van der Waals surface area contributed by atoms with Gasteiger partial charge in [-0.2, -0.15) is 0 Å². The molecule has 0 heterocycles. The molecule has 0 bridgehead atoms. The van der Waals surface area contributed by atoms with E-state index in [2.05, 4.69) is 33.8 Å². The van der Waals surface area contributed by atoms with E-state index in [4.69, 9.17) is 0 Å². The molecule has 0 heteroatoms. The van der Waals surface area contributed by atoms with E-state index in [1.807, 2.05) is 0 Å². The predicted octanol–water partition coefficient (Wildman–Crippen LogP) is 3.78. The molecular weight excluding hydrogens is 120 g/mol. The summed E-state index contributed by atoms with van der Waals surface area (Å²) in [6, 6.07) is 0. The van der Waals surface area contributed by atoms with Crippen molar-refractivity contribution in [2.24, 2.45) is 5.92 Å². The summed E-state index contributed by atoms with van der Waals surface area (Å²) in [4.78, 5) is 0. The monoisotopic (exact) mass is 140 g/mol. The minimum atomic E-state index is 0.750. The molecule has 0 N–H and O–H groups in total. The van der Waals surface area contributed by atoms with Crippen molar-refractivity contribution in [2.75, 3.05) is 0 Å². The van der Waals surface area contributed by atoms with E-state index >= 15 is 0 Å². The van der Waals surface area contributed by atoms with E-state index in [-0.39, 0.29) is 0 Å². The zero-order valence-electron chi connectivity index (χ0n) is 7.78. The van der Waals surface area contributed by atoms with Crippen molar-refractivity contribution in [1.29, 1.82) is 0 Å². The van der Waals surface area contributed by atoms with Crippen molar-refractivity contribution in [2.45, 2.75) is 47.0 Å². The molecule has 0 saturated heterocycles. The first-order valence-electron chi connectivity index (χ1n) is 4.41. The lowest BCUT2D eigenvalue weighted by atomic mass is 9.98. The maximum Gasteiger partial charge on any atom is -0.0260 e. The Hall–Kier alpha value is -0.260. The van der Waals surface area contributed by atoms with Crippen molar-refractivity contribution in [3.8, 4) is 0 Å². The van der Waals surface area contributed by atoms with Gasteiger partial charge in [0.2, 0.25) is 0 Å². The van der Waals surface area contributed by atoms with Crippen molar-refractivity contribution in [3.05, 3.63) is 11.6 Å². The summed E-state index contributed by atoms with van der Waals surface area (Å²) in [5, 5.41) is 0. The first-order chi connectivity index (χ1) is 4.72. The zero-order chi connectivity index (χ0) is 7.98. The van der Waals surface area contributed by atoms with Crippen molar-refractivity contribution < 1.29 is 0 Å². The molecule has 0 radical (unpaired) electrons. The first kappa shape index (κ1) is 9.74. The van der Waals surface area contributed by atoms with E-state index in [1.165, 1.54) is 19.3 Å². The average Bonchev–Trinajstić information content (AvgIpc) is 1.87. The van der Waals surface area contributed by atoms with Gasteiger partial charge in [0.1, 0.15) is 0 Å². The molecule has 0 atom stereocenters. The van der Waals surface area contributed by atoms with Gasteiger partial charge in [0.25, 0.3) is 0 Å². The molecule has 0 spiro atoms. The molecule has 0 saturated carbocycles. The topological polar surface area (TPSA) is 0 Å². The maximum absolute atomic E-state index is 2.37. The Kier molecular flexibility index (Phi) is 5.38. The highest BCUT2D eigenvalue weighted by atomic mass is 14.0. The Morgan fingerprint density at radius 1 is 1.30 bits per heavy atom. The van der Waals surface area contributed by atoms with Crippen LogP contribution in [0.1, 0.15) is 47.0 Å². The van der Waals surface area contributed by atoms with Crippen LogP contribution in [0.5, 0.6) is 0 Å². The third-order valence-corrected chi connectivity index (χ3v) is 1.75. The largest absolute Gasteiger partial charge is 0.0853 e. The molecule has 10 heavy (non-hydrogen) atoms. The van der Waals surface area contributed by atoms with E-state index in [0.29, 0.717) is 0 Å². The Labute approximate surface area is 65.3 Å². The maximum atomic E-state index is 2.37. The van der Waals surface area contributed by atoms with Gasteiger partial charge in [0.05, 0.1) is 0 Å². The van der Waals surface area contributed by atoms with E-state index in [1.54, 1.807) is 5.57 Å². The standard InChI is InChI=1S/C10H20/c1-5-7-10(8-6-2)9(3)4/h7,9H,5-6,8H2,1-4H3. The molecule has 0 amide bonds. The summed E-state index contributed by atoms with van der Waals surface area (Å²) >= 11 is 0. The summed E-state index contributed by atoms with van der Waals surface area (Å²) in [5.41, 5.74) is 1.63. The molecule has 0 aromatic heterocycles. The van der Waals surface area contributed by atoms with Crippen LogP contribution >= 0.6 is 0 Å². The quantitative estimate of drug-likeness (QED) is 0.521. The highest BCUT2D eigenvalue weighted by Crippen LogP contribution is 2.15. The molecule has 0 rings (SSSR count). The highest BCUT2D eigenvalue weighted by Gasteiger charge is 1.99. The second kappa shape index (κ2) is 5.52. The molecule has 0 aromatic rings. The second-order valence-electron chi connectivity index (χ2n) is 3.09. The zero-order valence-corrected chi connectivity index (χ0v) is 7.78. The SMILES string of the molecule is CCC=C(CCC)C(C)C. The molecule has 0 aliphatic rings. The van der Waals surface area contributed by atoms with E-state index in [0.717, 1.165) is 5.92 Å². The van der Waals surface area contributed by atoms with Gasteiger partial charge >= 0.3 is 0 Å². The number of hydrogen-bond donors (Lipinski definition) is 0. The fraction of sp³-hybridized carbons (Fsp3) is 0.800. The minimum absolute atomic E-state index is 0.750. The predicted molar refractivity (Wildman–Crippen MR) is 48.1 cm³/mol. The number of hydrogen-bond acceptors (Lipinski definition) is 0. The molecule has 0 aliphatic heterocycles. The fourth-order valence-electron chi connectivity index (χ4n) is 1.18. The van der Waals surface area contributed by atoms with Crippen LogP contribution < -0.4 is 0 Å². The van der Waals surface area contributed by atoms with Crippen LogP contribution in [-0.2, 0) is 0 Å². The Morgan fingerprint density at radius 2 is 1.90 bits per heavy atom. The van der Waals surface area contributed by atoms with Crippen LogP contribution in [0.15, 0.2) is 11.6 Å².